The van der Waals surface area contributed by atoms with E-state index < -0.39 is 0 Å². The lowest BCUT2D eigenvalue weighted by molar-refractivity contribution is -0.118. The second kappa shape index (κ2) is 5.91. The summed E-state index contributed by atoms with van der Waals surface area (Å²) >= 11 is 1.57. The fourth-order valence-corrected chi connectivity index (χ4v) is 2.69. The van der Waals surface area contributed by atoms with E-state index in [-0.39, 0.29) is 5.78 Å². The summed E-state index contributed by atoms with van der Waals surface area (Å²) in [5, 5.41) is 2.92. The Morgan fingerprint density at radius 3 is 2.83 bits per heavy atom. The number of aryl methyl sites for hydroxylation is 3. The second-order valence-corrected chi connectivity index (χ2v) is 5.53. The van der Waals surface area contributed by atoms with Crippen LogP contribution < -0.4 is 0 Å². The fourth-order valence-electron chi connectivity index (χ4n) is 1.89. The number of nitrogens with zero attached hydrogens (tertiary/aromatic N) is 1. The largest absolute Gasteiger partial charge is 0.299 e. The highest BCUT2D eigenvalue weighted by molar-refractivity contribution is 7.09. The summed E-state index contributed by atoms with van der Waals surface area (Å²) in [4.78, 5) is 16.2. The topological polar surface area (TPSA) is 30.0 Å². The minimum Gasteiger partial charge on any atom is -0.299 e. The van der Waals surface area contributed by atoms with Crippen molar-refractivity contribution in [1.29, 1.82) is 0 Å². The fraction of sp³-hybridized carbons (Fsp3) is 0.333. The molecule has 0 aliphatic carbocycles. The Bertz CT molecular complexity index is 545. The third kappa shape index (κ3) is 3.77. The van der Waals surface area contributed by atoms with E-state index >= 15 is 0 Å². The van der Waals surface area contributed by atoms with Crippen molar-refractivity contribution < 1.29 is 4.79 Å². The molecule has 0 amide bonds. The van der Waals surface area contributed by atoms with Gasteiger partial charge in [-0.15, -0.1) is 11.3 Å². The van der Waals surface area contributed by atoms with Gasteiger partial charge in [0.05, 0.1) is 6.42 Å². The van der Waals surface area contributed by atoms with Gasteiger partial charge < -0.3 is 0 Å². The zero-order valence-corrected chi connectivity index (χ0v) is 11.6. The third-order valence-corrected chi connectivity index (χ3v) is 3.76. The molecule has 0 atom stereocenters. The van der Waals surface area contributed by atoms with E-state index in [2.05, 4.69) is 30.1 Å². The number of hydrogen-bond acceptors (Lipinski definition) is 3. The maximum atomic E-state index is 11.8. The first-order valence-corrected chi connectivity index (χ1v) is 7.00. The van der Waals surface area contributed by atoms with Crippen LogP contribution in [-0.4, -0.2) is 10.8 Å². The van der Waals surface area contributed by atoms with Gasteiger partial charge in [0.25, 0.3) is 0 Å². The van der Waals surface area contributed by atoms with Gasteiger partial charge in [-0.25, -0.2) is 4.98 Å². The zero-order chi connectivity index (χ0) is 13.0. The van der Waals surface area contributed by atoms with Crippen molar-refractivity contribution in [2.45, 2.75) is 33.1 Å². The molecule has 1 aromatic carbocycles. The lowest BCUT2D eigenvalue weighted by atomic mass is 10.0. The molecule has 0 unspecified atom stereocenters. The van der Waals surface area contributed by atoms with Crippen LogP contribution in [0.5, 0.6) is 0 Å². The Balaban J connectivity index is 1.85. The van der Waals surface area contributed by atoms with Crippen LogP contribution in [0.4, 0.5) is 0 Å². The highest BCUT2D eigenvalue weighted by Crippen LogP contribution is 2.12. The van der Waals surface area contributed by atoms with Gasteiger partial charge in [0.15, 0.2) is 0 Å². The number of benzene rings is 1. The van der Waals surface area contributed by atoms with Crippen molar-refractivity contribution in [3.8, 4) is 0 Å². The average molecular weight is 259 g/mol. The summed E-state index contributed by atoms with van der Waals surface area (Å²) in [6.45, 7) is 4.03. The molecular weight excluding hydrogens is 242 g/mol. The van der Waals surface area contributed by atoms with Crippen LogP contribution >= 0.6 is 11.3 Å². The molecule has 94 valence electrons. The minimum absolute atomic E-state index is 0.269. The average Bonchev–Trinajstić information content (AvgIpc) is 2.72. The van der Waals surface area contributed by atoms with Crippen molar-refractivity contribution in [3.05, 3.63) is 51.5 Å². The summed E-state index contributed by atoms with van der Waals surface area (Å²) < 4.78 is 0. The molecule has 0 saturated carbocycles. The Kier molecular flexibility index (Phi) is 4.26. The van der Waals surface area contributed by atoms with E-state index in [0.29, 0.717) is 12.8 Å². The Labute approximate surface area is 112 Å². The molecule has 3 heteroatoms. The normalized spacial score (nSPS) is 10.6. The van der Waals surface area contributed by atoms with Crippen molar-refractivity contribution in [1.82, 2.24) is 4.98 Å². The Morgan fingerprint density at radius 1 is 1.33 bits per heavy atom. The predicted octanol–water partition coefficient (Wildman–Crippen LogP) is 3.50. The van der Waals surface area contributed by atoms with Gasteiger partial charge >= 0.3 is 0 Å². The molecule has 0 aliphatic rings. The smallest absolute Gasteiger partial charge is 0.140 e. The Morgan fingerprint density at radius 2 is 2.17 bits per heavy atom. The van der Waals surface area contributed by atoms with Gasteiger partial charge in [-0.1, -0.05) is 29.8 Å². The maximum absolute atomic E-state index is 11.8. The summed E-state index contributed by atoms with van der Waals surface area (Å²) in [6, 6.07) is 8.33. The predicted molar refractivity (Wildman–Crippen MR) is 75.1 cm³/mol. The maximum Gasteiger partial charge on any atom is 0.140 e. The summed E-state index contributed by atoms with van der Waals surface area (Å²) in [5.41, 5.74) is 3.48. The first-order chi connectivity index (χ1) is 8.63. The molecule has 0 spiro atoms. The van der Waals surface area contributed by atoms with Crippen LogP contribution in [0.2, 0.25) is 0 Å². The van der Waals surface area contributed by atoms with E-state index in [9.17, 15) is 4.79 Å². The number of carbonyl (C=O) groups excluding carboxylic acids is 1. The number of Topliss-reactive ketones (excluding diaryl/α,β-unsaturated/α-hetero) is 1. The SMILES string of the molecule is Cc1cccc(CCC(=O)Cc2nc(C)cs2)c1. The van der Waals surface area contributed by atoms with Gasteiger partial charge in [-0.05, 0) is 25.8 Å². The van der Waals surface area contributed by atoms with E-state index in [1.807, 2.05) is 18.4 Å². The molecule has 0 radical (unpaired) electrons. The quantitative estimate of drug-likeness (QED) is 0.822. The molecule has 0 fully saturated rings. The lowest BCUT2D eigenvalue weighted by Crippen LogP contribution is -2.04. The minimum atomic E-state index is 0.269. The molecule has 1 aromatic heterocycles. The third-order valence-electron chi connectivity index (χ3n) is 2.79. The molecule has 1 heterocycles. The first kappa shape index (κ1) is 13.0. The van der Waals surface area contributed by atoms with Gasteiger partial charge in [0.2, 0.25) is 0 Å². The number of carbonyl (C=O) groups is 1. The summed E-state index contributed by atoms with van der Waals surface area (Å²) in [6.07, 6.45) is 1.90. The molecule has 2 aromatic rings. The highest BCUT2D eigenvalue weighted by Gasteiger charge is 2.07. The van der Waals surface area contributed by atoms with Gasteiger partial charge in [0.1, 0.15) is 10.8 Å². The van der Waals surface area contributed by atoms with E-state index in [0.717, 1.165) is 17.1 Å². The van der Waals surface area contributed by atoms with Crippen molar-refractivity contribution in [3.63, 3.8) is 0 Å². The molecule has 18 heavy (non-hydrogen) atoms. The van der Waals surface area contributed by atoms with E-state index in [4.69, 9.17) is 0 Å². The van der Waals surface area contributed by atoms with Crippen LogP contribution in [0.15, 0.2) is 29.6 Å². The summed E-state index contributed by atoms with van der Waals surface area (Å²) in [7, 11) is 0. The van der Waals surface area contributed by atoms with Crippen LogP contribution in [-0.2, 0) is 17.6 Å². The van der Waals surface area contributed by atoms with Crippen LogP contribution in [0.25, 0.3) is 0 Å². The number of aromatic nitrogens is 1. The molecule has 0 bridgehead atoms. The molecule has 2 nitrogen and oxygen atoms in total. The molecular formula is C15H17NOS. The van der Waals surface area contributed by atoms with Crippen molar-refractivity contribution >= 4 is 17.1 Å². The first-order valence-electron chi connectivity index (χ1n) is 6.12. The summed E-state index contributed by atoms with van der Waals surface area (Å²) in [5.74, 6) is 0.269. The van der Waals surface area contributed by atoms with Crippen molar-refractivity contribution in [2.24, 2.45) is 0 Å². The molecule has 2 rings (SSSR count). The van der Waals surface area contributed by atoms with E-state index in [1.54, 1.807) is 11.3 Å². The molecule has 0 N–H and O–H groups in total. The van der Waals surface area contributed by atoms with Crippen LogP contribution in [0.1, 0.15) is 28.2 Å². The Hall–Kier alpha value is -1.48. The zero-order valence-electron chi connectivity index (χ0n) is 10.8. The molecule has 0 saturated heterocycles. The van der Waals surface area contributed by atoms with Crippen LogP contribution in [0.3, 0.4) is 0 Å². The second-order valence-electron chi connectivity index (χ2n) is 4.59. The number of hydrogen-bond donors (Lipinski definition) is 0. The molecule has 0 aliphatic heterocycles. The number of rotatable bonds is 5. The standard InChI is InChI=1S/C15H17NOS/c1-11-4-3-5-13(8-11)6-7-14(17)9-15-16-12(2)10-18-15/h3-5,8,10H,6-7,9H2,1-2H3. The highest BCUT2D eigenvalue weighted by atomic mass is 32.1. The van der Waals surface area contributed by atoms with Crippen molar-refractivity contribution in [2.75, 3.05) is 0 Å². The van der Waals surface area contributed by atoms with E-state index in [1.165, 1.54) is 11.1 Å². The monoisotopic (exact) mass is 259 g/mol. The van der Waals surface area contributed by atoms with Crippen LogP contribution in [0, 0.1) is 13.8 Å². The lowest BCUT2D eigenvalue weighted by Gasteiger charge is -2.01. The van der Waals surface area contributed by atoms with Gasteiger partial charge in [-0.3, -0.25) is 4.79 Å². The number of ketones is 1. The van der Waals surface area contributed by atoms with Gasteiger partial charge in [-0.2, -0.15) is 0 Å². The number of thiazole rings is 1. The van der Waals surface area contributed by atoms with Gasteiger partial charge in [0, 0.05) is 17.5 Å².